The van der Waals surface area contributed by atoms with Crippen molar-refractivity contribution in [2.45, 2.75) is 26.0 Å². The standard InChI is InChI=1S/C9H12BrN/c1-9(2,3)7-4-5-11-8(10)6-7/h4-6H,1-3H3/i1D3,2D3,3D3. The Morgan fingerprint density at radius 1 is 1.55 bits per heavy atom. The molecular formula is C9H12BrN. The Hall–Kier alpha value is -0.370. The van der Waals surface area contributed by atoms with Crippen LogP contribution in [0.25, 0.3) is 0 Å². The second-order valence-corrected chi connectivity index (χ2v) is 2.93. The summed E-state index contributed by atoms with van der Waals surface area (Å²) >= 11 is 2.99. The molecule has 0 amide bonds. The summed E-state index contributed by atoms with van der Waals surface area (Å²) in [4.78, 5) is 3.77. The molecule has 1 rings (SSSR count). The minimum absolute atomic E-state index is 0.164. The smallest absolute Gasteiger partial charge is 0.106 e. The zero-order valence-electron chi connectivity index (χ0n) is 14.6. The fourth-order valence-electron chi connectivity index (χ4n) is 0.636. The van der Waals surface area contributed by atoms with Gasteiger partial charge in [0.2, 0.25) is 0 Å². The number of aromatic nitrogens is 1. The Kier molecular flexibility index (Phi) is 0.683. The monoisotopic (exact) mass is 222 g/mol. The topological polar surface area (TPSA) is 12.9 Å². The zero-order chi connectivity index (χ0) is 16.0. The summed E-state index contributed by atoms with van der Waals surface area (Å²) in [6.45, 7) is -9.74. The zero-order valence-corrected chi connectivity index (χ0v) is 7.14. The highest BCUT2D eigenvalue weighted by Gasteiger charge is 2.13. The number of pyridine rings is 1. The van der Waals surface area contributed by atoms with Gasteiger partial charge >= 0.3 is 0 Å². The second-order valence-electron chi connectivity index (χ2n) is 2.12. The summed E-state index contributed by atoms with van der Waals surface area (Å²) in [6, 6.07) is 2.22. The summed E-state index contributed by atoms with van der Waals surface area (Å²) in [5, 5.41) is 0. The molecule has 1 aromatic heterocycles. The third kappa shape index (κ3) is 2.29. The van der Waals surface area contributed by atoms with Gasteiger partial charge in [-0.3, -0.25) is 0 Å². The average molecular weight is 223 g/mol. The fourth-order valence-corrected chi connectivity index (χ4v) is 1.00. The first kappa shape index (κ1) is 2.56. The molecule has 0 fully saturated rings. The Bertz CT molecular complexity index is 451. The number of halogens is 1. The predicted molar refractivity (Wildman–Crippen MR) is 50.6 cm³/mol. The lowest BCUT2D eigenvalue weighted by Gasteiger charge is -2.18. The summed E-state index contributed by atoms with van der Waals surface area (Å²) in [7, 11) is 0. The Morgan fingerprint density at radius 2 is 2.27 bits per heavy atom. The summed E-state index contributed by atoms with van der Waals surface area (Å²) in [6.07, 6.45) is 1.16. The number of hydrogen-bond acceptors (Lipinski definition) is 1. The Morgan fingerprint density at radius 3 is 2.82 bits per heavy atom. The first-order chi connectivity index (χ1) is 8.75. The molecule has 0 spiro atoms. The lowest BCUT2D eigenvalue weighted by atomic mass is 9.88. The summed E-state index contributed by atoms with van der Waals surface area (Å²) in [5.41, 5.74) is -3.29. The lowest BCUT2D eigenvalue weighted by molar-refractivity contribution is 0.588. The van der Waals surface area contributed by atoms with Crippen LogP contribution in [0.4, 0.5) is 0 Å². The summed E-state index contributed by atoms with van der Waals surface area (Å²) in [5.74, 6) is 0. The highest BCUT2D eigenvalue weighted by molar-refractivity contribution is 9.10. The minimum atomic E-state index is -3.25. The SMILES string of the molecule is [2H]C([2H])([2H])C(c1ccnc(Br)c1)(C([2H])([2H])[2H])C([2H])([2H])[2H]. The van der Waals surface area contributed by atoms with Gasteiger partial charge in [0.15, 0.2) is 0 Å². The van der Waals surface area contributed by atoms with Gasteiger partial charge in [0.05, 0.1) is 0 Å². The van der Waals surface area contributed by atoms with E-state index in [4.69, 9.17) is 12.3 Å². The van der Waals surface area contributed by atoms with Crippen molar-refractivity contribution < 1.29 is 12.3 Å². The van der Waals surface area contributed by atoms with Crippen LogP contribution in [0.3, 0.4) is 0 Å². The fraction of sp³-hybridized carbons (Fsp3) is 0.444. The Balaban J connectivity index is 3.82. The highest BCUT2D eigenvalue weighted by atomic mass is 79.9. The molecule has 0 aliphatic heterocycles. The molecule has 0 saturated carbocycles. The van der Waals surface area contributed by atoms with E-state index < -0.39 is 26.0 Å². The van der Waals surface area contributed by atoms with Gasteiger partial charge in [0.1, 0.15) is 4.60 Å². The van der Waals surface area contributed by atoms with E-state index in [0.717, 1.165) is 18.3 Å². The first-order valence-corrected chi connectivity index (χ1v) is 3.66. The largest absolute Gasteiger partial charge is 0.249 e. The molecule has 2 heteroatoms. The number of rotatable bonds is 0. The molecular weight excluding hydrogens is 202 g/mol. The van der Waals surface area contributed by atoms with Crippen LogP contribution in [0, 0.1) is 0 Å². The molecule has 0 N–H and O–H groups in total. The van der Waals surface area contributed by atoms with Crippen LogP contribution in [0.2, 0.25) is 0 Å². The molecule has 0 bridgehead atoms. The lowest BCUT2D eigenvalue weighted by Crippen LogP contribution is -2.10. The average Bonchev–Trinajstić information content (AvgIpc) is 2.10. The van der Waals surface area contributed by atoms with Gasteiger partial charge in [-0.2, -0.15) is 0 Å². The van der Waals surface area contributed by atoms with Crippen molar-refractivity contribution in [2.24, 2.45) is 0 Å². The van der Waals surface area contributed by atoms with E-state index in [1.54, 1.807) is 0 Å². The molecule has 0 unspecified atom stereocenters. The minimum Gasteiger partial charge on any atom is -0.249 e. The van der Waals surface area contributed by atoms with Crippen molar-refractivity contribution >= 4 is 15.9 Å². The summed E-state index contributed by atoms with van der Waals surface area (Å²) < 4.78 is 68.0. The number of nitrogens with zero attached hydrogens (tertiary/aromatic N) is 1. The molecule has 0 aromatic carbocycles. The molecule has 0 radical (unpaired) electrons. The van der Waals surface area contributed by atoms with Crippen LogP contribution < -0.4 is 0 Å². The Labute approximate surface area is 88.6 Å². The van der Waals surface area contributed by atoms with Crippen LogP contribution in [0.5, 0.6) is 0 Å². The third-order valence-electron chi connectivity index (χ3n) is 1.16. The van der Waals surface area contributed by atoms with Crippen molar-refractivity contribution in [1.82, 2.24) is 4.98 Å². The first-order valence-electron chi connectivity index (χ1n) is 7.37. The van der Waals surface area contributed by atoms with E-state index in [1.807, 2.05) is 0 Å². The second kappa shape index (κ2) is 2.94. The molecule has 1 aromatic rings. The highest BCUT2D eigenvalue weighted by Crippen LogP contribution is 2.23. The van der Waals surface area contributed by atoms with Gasteiger partial charge < -0.3 is 0 Å². The normalized spacial score (nSPS) is 27.2. The van der Waals surface area contributed by atoms with Crippen LogP contribution in [0.1, 0.15) is 38.5 Å². The maximum absolute atomic E-state index is 7.53. The van der Waals surface area contributed by atoms with E-state index in [2.05, 4.69) is 20.9 Å². The van der Waals surface area contributed by atoms with Crippen LogP contribution in [-0.4, -0.2) is 4.98 Å². The molecule has 11 heavy (non-hydrogen) atoms. The quantitative estimate of drug-likeness (QED) is 0.615. The van der Waals surface area contributed by atoms with E-state index >= 15 is 0 Å². The van der Waals surface area contributed by atoms with E-state index in [1.165, 1.54) is 0 Å². The van der Waals surface area contributed by atoms with E-state index in [0.29, 0.717) is 0 Å². The van der Waals surface area contributed by atoms with E-state index in [-0.39, 0.29) is 10.2 Å². The van der Waals surface area contributed by atoms with Gasteiger partial charge in [-0.25, -0.2) is 4.98 Å². The van der Waals surface area contributed by atoms with E-state index in [9.17, 15) is 0 Å². The molecule has 0 aliphatic carbocycles. The number of hydrogen-bond donors (Lipinski definition) is 0. The molecule has 1 heterocycles. The van der Waals surface area contributed by atoms with Gasteiger partial charge in [0, 0.05) is 18.5 Å². The van der Waals surface area contributed by atoms with Crippen molar-refractivity contribution in [3.63, 3.8) is 0 Å². The molecule has 1 nitrogen and oxygen atoms in total. The van der Waals surface area contributed by atoms with Gasteiger partial charge in [-0.1, -0.05) is 20.6 Å². The molecule has 60 valence electrons. The van der Waals surface area contributed by atoms with Crippen LogP contribution in [-0.2, 0) is 5.41 Å². The van der Waals surface area contributed by atoms with Crippen molar-refractivity contribution in [2.75, 3.05) is 0 Å². The van der Waals surface area contributed by atoms with Gasteiger partial charge in [-0.15, -0.1) is 0 Å². The molecule has 0 atom stereocenters. The van der Waals surface area contributed by atoms with Crippen molar-refractivity contribution in [3.05, 3.63) is 28.5 Å². The third-order valence-corrected chi connectivity index (χ3v) is 1.59. The van der Waals surface area contributed by atoms with Crippen molar-refractivity contribution in [1.29, 1.82) is 0 Å². The van der Waals surface area contributed by atoms with Gasteiger partial charge in [0.25, 0.3) is 0 Å². The van der Waals surface area contributed by atoms with Gasteiger partial charge in [-0.05, 0) is 39.0 Å². The van der Waals surface area contributed by atoms with Crippen LogP contribution in [0.15, 0.2) is 22.9 Å². The maximum atomic E-state index is 7.53. The van der Waals surface area contributed by atoms with Crippen LogP contribution >= 0.6 is 15.9 Å². The maximum Gasteiger partial charge on any atom is 0.106 e. The molecule has 0 saturated heterocycles. The molecule has 0 aliphatic rings. The predicted octanol–water partition coefficient (Wildman–Crippen LogP) is 3.14. The van der Waals surface area contributed by atoms with Crippen molar-refractivity contribution in [3.8, 4) is 0 Å².